The highest BCUT2D eigenvalue weighted by Gasteiger charge is 2.51. The number of aryl methyl sites for hydroxylation is 1. The van der Waals surface area contributed by atoms with Crippen molar-refractivity contribution in [3.8, 4) is 0 Å². The molecule has 1 N–H and O–H groups in total. The molecule has 0 atom stereocenters. The predicted octanol–water partition coefficient (Wildman–Crippen LogP) is 2.36. The van der Waals surface area contributed by atoms with Crippen molar-refractivity contribution in [2.75, 3.05) is 0 Å². The van der Waals surface area contributed by atoms with Crippen LogP contribution in [-0.4, -0.2) is 30.3 Å². The van der Waals surface area contributed by atoms with Gasteiger partial charge in [-0.1, -0.05) is 23.8 Å². The molecule has 126 valence electrons. The van der Waals surface area contributed by atoms with Gasteiger partial charge in [0, 0.05) is 6.04 Å². The average Bonchev–Trinajstić information content (AvgIpc) is 2.56. The Morgan fingerprint density at radius 1 is 1.17 bits per heavy atom. The van der Waals surface area contributed by atoms with E-state index in [2.05, 4.69) is 5.32 Å². The van der Waals surface area contributed by atoms with Gasteiger partial charge in [-0.2, -0.15) is 0 Å². The van der Waals surface area contributed by atoms with E-state index in [9.17, 15) is 4.79 Å². The van der Waals surface area contributed by atoms with Crippen LogP contribution in [0.15, 0.2) is 18.2 Å². The molecule has 0 aromatic heterocycles. The fourth-order valence-corrected chi connectivity index (χ4v) is 2.64. The quantitative estimate of drug-likeness (QED) is 0.867. The molecule has 1 amide bonds. The molecule has 1 aliphatic rings. The topological polar surface area (TPSA) is 47.6 Å². The SMILES string of the molecule is Cc1cc(CC(=O)NC(C)C)ccc1B1OC(C)(C)C(C)(C)O1. The highest BCUT2D eigenvalue weighted by atomic mass is 16.7. The van der Waals surface area contributed by atoms with E-state index < -0.39 is 0 Å². The number of hydrogen-bond donors (Lipinski definition) is 1. The summed E-state index contributed by atoms with van der Waals surface area (Å²) in [6, 6.07) is 6.19. The Bertz CT molecular complexity index is 580. The van der Waals surface area contributed by atoms with Crippen molar-refractivity contribution in [2.24, 2.45) is 0 Å². The normalized spacial score (nSPS) is 19.2. The van der Waals surface area contributed by atoms with Crippen LogP contribution in [0.1, 0.15) is 52.7 Å². The average molecular weight is 317 g/mol. The highest BCUT2D eigenvalue weighted by molar-refractivity contribution is 6.62. The number of carbonyl (C=O) groups is 1. The van der Waals surface area contributed by atoms with Gasteiger partial charge in [-0.05, 0) is 59.5 Å². The van der Waals surface area contributed by atoms with Crippen molar-refractivity contribution in [1.82, 2.24) is 5.32 Å². The van der Waals surface area contributed by atoms with Crippen LogP contribution in [0.5, 0.6) is 0 Å². The minimum Gasteiger partial charge on any atom is -0.399 e. The van der Waals surface area contributed by atoms with Crippen molar-refractivity contribution in [2.45, 2.75) is 72.1 Å². The molecular weight excluding hydrogens is 289 g/mol. The van der Waals surface area contributed by atoms with E-state index in [-0.39, 0.29) is 30.3 Å². The molecule has 5 heteroatoms. The van der Waals surface area contributed by atoms with Gasteiger partial charge >= 0.3 is 7.12 Å². The number of nitrogens with one attached hydrogen (secondary N) is 1. The summed E-state index contributed by atoms with van der Waals surface area (Å²) in [7, 11) is -0.362. The molecule has 0 bridgehead atoms. The molecule has 0 aliphatic carbocycles. The maximum atomic E-state index is 11.9. The van der Waals surface area contributed by atoms with E-state index in [1.807, 2.05) is 66.7 Å². The van der Waals surface area contributed by atoms with E-state index in [0.29, 0.717) is 6.42 Å². The first-order chi connectivity index (χ1) is 10.5. The third-order valence-corrected chi connectivity index (χ3v) is 4.66. The number of rotatable bonds is 4. The van der Waals surface area contributed by atoms with E-state index in [4.69, 9.17) is 9.31 Å². The summed E-state index contributed by atoms with van der Waals surface area (Å²) in [5.41, 5.74) is 2.41. The van der Waals surface area contributed by atoms with Gasteiger partial charge in [0.05, 0.1) is 17.6 Å². The molecule has 1 aromatic carbocycles. The van der Waals surface area contributed by atoms with E-state index >= 15 is 0 Å². The first-order valence-electron chi connectivity index (χ1n) is 8.26. The Morgan fingerprint density at radius 2 is 1.74 bits per heavy atom. The van der Waals surface area contributed by atoms with Gasteiger partial charge in [-0.15, -0.1) is 0 Å². The van der Waals surface area contributed by atoms with Crippen LogP contribution in [0.3, 0.4) is 0 Å². The number of hydrogen-bond acceptors (Lipinski definition) is 3. The summed E-state index contributed by atoms with van der Waals surface area (Å²) in [4.78, 5) is 11.9. The zero-order chi connectivity index (χ0) is 17.4. The minimum absolute atomic E-state index is 0.0442. The Kier molecular flexibility index (Phi) is 4.93. The fourth-order valence-electron chi connectivity index (χ4n) is 2.64. The second kappa shape index (κ2) is 6.29. The fraction of sp³-hybridized carbons (Fsp3) is 0.611. The van der Waals surface area contributed by atoms with Gasteiger partial charge in [-0.3, -0.25) is 4.79 Å². The van der Waals surface area contributed by atoms with Crippen LogP contribution in [0.4, 0.5) is 0 Å². The summed E-state index contributed by atoms with van der Waals surface area (Å²) in [5.74, 6) is 0.0442. The van der Waals surface area contributed by atoms with Gasteiger partial charge in [-0.25, -0.2) is 0 Å². The van der Waals surface area contributed by atoms with Crippen LogP contribution in [0, 0.1) is 6.92 Å². The monoisotopic (exact) mass is 317 g/mol. The molecule has 1 fully saturated rings. The van der Waals surface area contributed by atoms with Crippen molar-refractivity contribution < 1.29 is 14.1 Å². The Labute approximate surface area is 140 Å². The van der Waals surface area contributed by atoms with Gasteiger partial charge in [0.15, 0.2) is 0 Å². The van der Waals surface area contributed by atoms with Crippen LogP contribution >= 0.6 is 0 Å². The molecule has 1 saturated heterocycles. The second-order valence-corrected chi connectivity index (χ2v) is 7.68. The lowest BCUT2D eigenvalue weighted by atomic mass is 9.75. The van der Waals surface area contributed by atoms with E-state index in [0.717, 1.165) is 16.6 Å². The first kappa shape index (κ1) is 18.0. The Hall–Kier alpha value is -1.33. The largest absolute Gasteiger partial charge is 0.495 e. The van der Waals surface area contributed by atoms with E-state index in [1.165, 1.54) is 0 Å². The number of benzene rings is 1. The van der Waals surface area contributed by atoms with Crippen molar-refractivity contribution >= 4 is 18.5 Å². The van der Waals surface area contributed by atoms with Crippen molar-refractivity contribution in [1.29, 1.82) is 0 Å². The molecule has 1 aromatic rings. The molecule has 23 heavy (non-hydrogen) atoms. The molecule has 0 radical (unpaired) electrons. The van der Waals surface area contributed by atoms with Gasteiger partial charge in [0.1, 0.15) is 0 Å². The standard InChI is InChI=1S/C18H28BNO3/c1-12(2)20-16(21)11-14-8-9-15(13(3)10-14)19-22-17(4,5)18(6,7)23-19/h8-10,12H,11H2,1-7H3,(H,20,21). The minimum atomic E-state index is -0.362. The Morgan fingerprint density at radius 3 is 2.22 bits per heavy atom. The summed E-state index contributed by atoms with van der Waals surface area (Å²) >= 11 is 0. The smallest absolute Gasteiger partial charge is 0.399 e. The molecule has 4 nitrogen and oxygen atoms in total. The third-order valence-electron chi connectivity index (χ3n) is 4.66. The number of amides is 1. The molecule has 1 heterocycles. The zero-order valence-corrected chi connectivity index (χ0v) is 15.3. The van der Waals surface area contributed by atoms with Gasteiger partial charge < -0.3 is 14.6 Å². The molecule has 2 rings (SSSR count). The predicted molar refractivity (Wildman–Crippen MR) is 93.9 cm³/mol. The van der Waals surface area contributed by atoms with Crippen molar-refractivity contribution in [3.63, 3.8) is 0 Å². The van der Waals surface area contributed by atoms with Crippen LogP contribution < -0.4 is 10.8 Å². The maximum Gasteiger partial charge on any atom is 0.495 e. The highest BCUT2D eigenvalue weighted by Crippen LogP contribution is 2.36. The first-order valence-corrected chi connectivity index (χ1v) is 8.26. The molecule has 0 spiro atoms. The molecule has 1 aliphatic heterocycles. The lowest BCUT2D eigenvalue weighted by Crippen LogP contribution is -2.41. The zero-order valence-electron chi connectivity index (χ0n) is 15.3. The maximum absolute atomic E-state index is 11.9. The van der Waals surface area contributed by atoms with Crippen molar-refractivity contribution in [3.05, 3.63) is 29.3 Å². The lowest BCUT2D eigenvalue weighted by Gasteiger charge is -2.32. The summed E-state index contributed by atoms with van der Waals surface area (Å²) < 4.78 is 12.2. The molecular formula is C18H28BNO3. The molecule has 0 unspecified atom stereocenters. The molecule has 0 saturated carbocycles. The van der Waals surface area contributed by atoms with Crippen LogP contribution in [0.2, 0.25) is 0 Å². The van der Waals surface area contributed by atoms with E-state index in [1.54, 1.807) is 0 Å². The Balaban J connectivity index is 2.13. The summed E-state index contributed by atoms with van der Waals surface area (Å²) in [6.07, 6.45) is 0.392. The second-order valence-electron chi connectivity index (χ2n) is 7.68. The third kappa shape index (κ3) is 3.96. The van der Waals surface area contributed by atoms with Gasteiger partial charge in [0.2, 0.25) is 5.91 Å². The summed E-state index contributed by atoms with van der Waals surface area (Å²) in [6.45, 7) is 14.2. The van der Waals surface area contributed by atoms with Gasteiger partial charge in [0.25, 0.3) is 0 Å². The number of carbonyl (C=O) groups excluding carboxylic acids is 1. The van der Waals surface area contributed by atoms with Crippen LogP contribution in [-0.2, 0) is 20.5 Å². The van der Waals surface area contributed by atoms with Crippen LogP contribution in [0.25, 0.3) is 0 Å². The summed E-state index contributed by atoms with van der Waals surface area (Å²) in [5, 5.41) is 2.91. The lowest BCUT2D eigenvalue weighted by molar-refractivity contribution is -0.120.